The molecule has 10 heteroatoms. The molecular formula is C23H21F3N4O3. The number of hydrogen-bond donors (Lipinski definition) is 3. The van der Waals surface area contributed by atoms with Crippen LogP contribution in [0, 0.1) is 0 Å². The molecule has 0 aliphatic rings. The van der Waals surface area contributed by atoms with Crippen molar-refractivity contribution in [3.63, 3.8) is 0 Å². The van der Waals surface area contributed by atoms with E-state index in [1.165, 1.54) is 12.3 Å². The van der Waals surface area contributed by atoms with E-state index in [2.05, 4.69) is 20.8 Å². The van der Waals surface area contributed by atoms with Gasteiger partial charge in [0.2, 0.25) is 5.91 Å². The van der Waals surface area contributed by atoms with Crippen molar-refractivity contribution in [2.45, 2.75) is 19.5 Å². The van der Waals surface area contributed by atoms with Crippen molar-refractivity contribution in [2.75, 3.05) is 11.9 Å². The first kappa shape index (κ1) is 23.6. The third-order valence-electron chi connectivity index (χ3n) is 4.38. The fourth-order valence-corrected chi connectivity index (χ4v) is 2.85. The number of nitrogens with zero attached hydrogens (tertiary/aromatic N) is 2. The van der Waals surface area contributed by atoms with Crippen molar-refractivity contribution < 1.29 is 27.8 Å². The minimum atomic E-state index is -4.53. The summed E-state index contributed by atoms with van der Waals surface area (Å²) in [4.78, 5) is 15.4. The number of ether oxygens (including phenoxy) is 1. The van der Waals surface area contributed by atoms with E-state index in [4.69, 9.17) is 4.74 Å². The number of hydrazone groups is 1. The quantitative estimate of drug-likeness (QED) is 0.338. The Morgan fingerprint density at radius 2 is 1.91 bits per heavy atom. The van der Waals surface area contributed by atoms with Gasteiger partial charge in [0.1, 0.15) is 5.69 Å². The number of phenolic OH excluding ortho intramolecular Hbond substituents is 1. The number of aromatic nitrogens is 1. The summed E-state index contributed by atoms with van der Waals surface area (Å²) < 4.78 is 43.6. The molecule has 0 unspecified atom stereocenters. The molecule has 0 fully saturated rings. The van der Waals surface area contributed by atoms with Crippen LogP contribution in [-0.4, -0.2) is 28.8 Å². The molecule has 0 atom stereocenters. The number of carbonyl (C=O) groups is 1. The number of phenols is 1. The molecule has 0 radical (unpaired) electrons. The van der Waals surface area contributed by atoms with E-state index in [0.29, 0.717) is 29.2 Å². The van der Waals surface area contributed by atoms with Gasteiger partial charge < -0.3 is 15.2 Å². The molecular weight excluding hydrogens is 437 g/mol. The molecule has 0 spiro atoms. The van der Waals surface area contributed by atoms with Gasteiger partial charge in [-0.3, -0.25) is 9.78 Å². The maximum Gasteiger partial charge on any atom is 0.433 e. The van der Waals surface area contributed by atoms with Gasteiger partial charge in [-0.05, 0) is 48.9 Å². The normalized spacial score (nSPS) is 11.4. The predicted octanol–water partition coefficient (Wildman–Crippen LogP) is 4.64. The lowest BCUT2D eigenvalue weighted by Crippen LogP contribution is -2.19. The first-order valence-electron chi connectivity index (χ1n) is 9.92. The van der Waals surface area contributed by atoms with E-state index < -0.39 is 11.9 Å². The van der Waals surface area contributed by atoms with Crippen LogP contribution in [0.3, 0.4) is 0 Å². The maximum absolute atomic E-state index is 12.8. The number of hydrogen-bond acceptors (Lipinski definition) is 6. The Hall–Kier alpha value is -4.08. The first-order chi connectivity index (χ1) is 15.8. The van der Waals surface area contributed by atoms with Crippen LogP contribution in [0.1, 0.15) is 23.7 Å². The number of pyridine rings is 1. The van der Waals surface area contributed by atoms with Gasteiger partial charge in [0.05, 0.1) is 19.2 Å². The summed E-state index contributed by atoms with van der Waals surface area (Å²) in [6, 6.07) is 13.9. The van der Waals surface area contributed by atoms with E-state index in [1.54, 1.807) is 49.4 Å². The number of carbonyl (C=O) groups excluding carboxylic acids is 1. The Labute approximate surface area is 187 Å². The highest BCUT2D eigenvalue weighted by molar-refractivity contribution is 5.86. The molecule has 3 N–H and O–H groups in total. The number of rotatable bonds is 8. The second-order valence-electron chi connectivity index (χ2n) is 6.85. The van der Waals surface area contributed by atoms with Gasteiger partial charge >= 0.3 is 6.18 Å². The van der Waals surface area contributed by atoms with Gasteiger partial charge in [-0.2, -0.15) is 18.3 Å². The average Bonchev–Trinajstić information content (AvgIpc) is 2.77. The molecule has 0 aliphatic heterocycles. The first-order valence-corrected chi connectivity index (χ1v) is 9.92. The van der Waals surface area contributed by atoms with Crippen LogP contribution in [0.5, 0.6) is 11.5 Å². The van der Waals surface area contributed by atoms with Crippen molar-refractivity contribution in [2.24, 2.45) is 5.10 Å². The fourth-order valence-electron chi connectivity index (χ4n) is 2.85. The van der Waals surface area contributed by atoms with E-state index in [9.17, 15) is 23.1 Å². The lowest BCUT2D eigenvalue weighted by molar-refractivity contribution is -0.141. The number of halogens is 3. The number of amides is 1. The highest BCUT2D eigenvalue weighted by Gasteiger charge is 2.32. The average molecular weight is 458 g/mol. The largest absolute Gasteiger partial charge is 0.504 e. The van der Waals surface area contributed by atoms with Crippen LogP contribution in [0.2, 0.25) is 0 Å². The highest BCUT2D eigenvalue weighted by atomic mass is 19.4. The lowest BCUT2D eigenvalue weighted by atomic mass is 10.1. The molecule has 1 aromatic heterocycles. The Morgan fingerprint density at radius 3 is 2.61 bits per heavy atom. The van der Waals surface area contributed by atoms with Gasteiger partial charge in [0, 0.05) is 23.1 Å². The van der Waals surface area contributed by atoms with E-state index in [1.807, 2.05) is 0 Å². The third kappa shape index (κ3) is 6.70. The summed E-state index contributed by atoms with van der Waals surface area (Å²) in [7, 11) is 0. The Morgan fingerprint density at radius 1 is 1.15 bits per heavy atom. The number of benzene rings is 2. The second kappa shape index (κ2) is 10.5. The molecule has 3 rings (SSSR count). The van der Waals surface area contributed by atoms with Crippen molar-refractivity contribution >= 4 is 23.5 Å². The van der Waals surface area contributed by atoms with Gasteiger partial charge in [0.15, 0.2) is 11.5 Å². The van der Waals surface area contributed by atoms with Gasteiger partial charge in [-0.1, -0.05) is 18.2 Å². The summed E-state index contributed by atoms with van der Waals surface area (Å²) in [6.07, 6.45) is -2.10. The second-order valence-corrected chi connectivity index (χ2v) is 6.85. The van der Waals surface area contributed by atoms with Gasteiger partial charge in [-0.25, -0.2) is 5.43 Å². The number of anilines is 2. The third-order valence-corrected chi connectivity index (χ3v) is 4.38. The molecule has 0 saturated heterocycles. The zero-order valence-corrected chi connectivity index (χ0v) is 17.6. The summed E-state index contributed by atoms with van der Waals surface area (Å²) in [5.41, 5.74) is 3.27. The summed E-state index contributed by atoms with van der Waals surface area (Å²) in [5.74, 6) is -0.128. The van der Waals surface area contributed by atoms with Gasteiger partial charge in [0.25, 0.3) is 0 Å². The Balaban J connectivity index is 1.55. The fraction of sp³-hybridized carbons (Fsp3) is 0.174. The molecule has 0 bridgehead atoms. The molecule has 33 heavy (non-hydrogen) atoms. The van der Waals surface area contributed by atoms with Crippen LogP contribution in [0.4, 0.5) is 24.5 Å². The van der Waals surface area contributed by atoms with Crippen LogP contribution in [0.15, 0.2) is 65.9 Å². The molecule has 1 amide bonds. The molecule has 3 aromatic rings. The summed E-state index contributed by atoms with van der Waals surface area (Å²) >= 11 is 0. The minimum absolute atomic E-state index is 0.0378. The molecule has 1 heterocycles. The maximum atomic E-state index is 12.8. The zero-order valence-electron chi connectivity index (χ0n) is 17.6. The molecule has 7 nitrogen and oxygen atoms in total. The Kier molecular flexibility index (Phi) is 7.50. The lowest BCUT2D eigenvalue weighted by Gasteiger charge is -2.10. The molecule has 2 aromatic carbocycles. The van der Waals surface area contributed by atoms with Crippen molar-refractivity contribution in [3.05, 3.63) is 77.6 Å². The van der Waals surface area contributed by atoms with Crippen LogP contribution in [0.25, 0.3) is 0 Å². The van der Waals surface area contributed by atoms with Gasteiger partial charge in [-0.15, -0.1) is 0 Å². The van der Waals surface area contributed by atoms with Crippen molar-refractivity contribution in [1.29, 1.82) is 0 Å². The standard InChI is InChI=1S/C23H21F3N4O3/c1-2-33-19-5-3-4-16(22(19)32)14-28-30-21(31)12-15-6-8-17(9-7-15)29-18-10-11-27-20(13-18)23(24,25)26/h3-11,13-14,32H,2,12H2,1H3,(H,27,29)(H,30,31)/b28-14+. The Bertz CT molecular complexity index is 1130. The van der Waals surface area contributed by atoms with Crippen LogP contribution < -0.4 is 15.5 Å². The van der Waals surface area contributed by atoms with Crippen LogP contribution in [-0.2, 0) is 17.4 Å². The molecule has 172 valence electrons. The van der Waals surface area contributed by atoms with Crippen LogP contribution >= 0.6 is 0 Å². The van der Waals surface area contributed by atoms with Crippen molar-refractivity contribution in [3.8, 4) is 11.5 Å². The van der Waals surface area contributed by atoms with E-state index in [0.717, 1.165) is 12.3 Å². The van der Waals surface area contributed by atoms with E-state index in [-0.39, 0.29) is 23.8 Å². The summed E-state index contributed by atoms with van der Waals surface area (Å²) in [5, 5.41) is 16.8. The predicted molar refractivity (Wildman–Crippen MR) is 118 cm³/mol. The smallest absolute Gasteiger partial charge is 0.433 e. The number of para-hydroxylation sites is 1. The topological polar surface area (TPSA) is 95.8 Å². The number of aromatic hydroxyl groups is 1. The monoisotopic (exact) mass is 458 g/mol. The number of alkyl halides is 3. The highest BCUT2D eigenvalue weighted by Crippen LogP contribution is 2.30. The molecule has 0 saturated carbocycles. The minimum Gasteiger partial charge on any atom is -0.504 e. The molecule has 0 aliphatic carbocycles. The SMILES string of the molecule is CCOc1cccc(/C=N/NC(=O)Cc2ccc(Nc3ccnc(C(F)(F)F)c3)cc2)c1O. The zero-order chi connectivity index (χ0) is 23.8. The van der Waals surface area contributed by atoms with E-state index >= 15 is 0 Å². The van der Waals surface area contributed by atoms with Crippen molar-refractivity contribution in [1.82, 2.24) is 10.4 Å². The summed E-state index contributed by atoms with van der Waals surface area (Å²) in [6.45, 7) is 2.20. The number of nitrogens with one attached hydrogen (secondary N) is 2.